The van der Waals surface area contributed by atoms with Gasteiger partial charge in [0, 0.05) is 13.0 Å². The number of carbonyl (C=O) groups is 1. The first kappa shape index (κ1) is 19.3. The number of hydrogen-bond acceptors (Lipinski definition) is 5. The van der Waals surface area contributed by atoms with Gasteiger partial charge in [0.25, 0.3) is 0 Å². The summed E-state index contributed by atoms with van der Waals surface area (Å²) in [5.74, 6) is 3.08. The number of aromatic nitrogens is 3. The first-order chi connectivity index (χ1) is 11.3. The van der Waals surface area contributed by atoms with Crippen molar-refractivity contribution in [3.05, 3.63) is 5.82 Å². The van der Waals surface area contributed by atoms with Crippen LogP contribution in [-0.4, -0.2) is 32.6 Å². The fourth-order valence-corrected chi connectivity index (χ4v) is 4.23. The SMILES string of the molecule is CC1CCC(C(C)C)C(OC(=O)CSc2nnc(C(C)C)n2C)C1. The lowest BCUT2D eigenvalue weighted by molar-refractivity contribution is -0.152. The molecule has 0 amide bonds. The van der Waals surface area contributed by atoms with Crippen LogP contribution in [0.4, 0.5) is 0 Å². The Labute approximate surface area is 149 Å². The molecule has 1 aromatic rings. The van der Waals surface area contributed by atoms with Crippen molar-refractivity contribution in [2.24, 2.45) is 24.8 Å². The summed E-state index contributed by atoms with van der Waals surface area (Å²) < 4.78 is 7.79. The van der Waals surface area contributed by atoms with Crippen molar-refractivity contribution in [1.29, 1.82) is 0 Å². The number of esters is 1. The molecule has 0 bridgehead atoms. The van der Waals surface area contributed by atoms with E-state index in [-0.39, 0.29) is 12.1 Å². The second-order valence-electron chi connectivity index (χ2n) is 7.70. The van der Waals surface area contributed by atoms with Gasteiger partial charge < -0.3 is 9.30 Å². The van der Waals surface area contributed by atoms with E-state index in [4.69, 9.17) is 4.74 Å². The van der Waals surface area contributed by atoms with Gasteiger partial charge in [-0.3, -0.25) is 4.79 Å². The van der Waals surface area contributed by atoms with Crippen molar-refractivity contribution in [1.82, 2.24) is 14.8 Å². The van der Waals surface area contributed by atoms with Crippen molar-refractivity contribution in [2.45, 2.75) is 71.1 Å². The van der Waals surface area contributed by atoms with Crippen molar-refractivity contribution >= 4 is 17.7 Å². The molecule has 1 aromatic heterocycles. The highest BCUT2D eigenvalue weighted by molar-refractivity contribution is 7.99. The van der Waals surface area contributed by atoms with Crippen LogP contribution in [0.2, 0.25) is 0 Å². The third-order valence-electron chi connectivity index (χ3n) is 4.95. The van der Waals surface area contributed by atoms with Crippen LogP contribution >= 0.6 is 11.8 Å². The molecule has 0 aliphatic heterocycles. The van der Waals surface area contributed by atoms with Gasteiger partial charge in [0.1, 0.15) is 11.9 Å². The van der Waals surface area contributed by atoms with E-state index in [1.165, 1.54) is 18.2 Å². The maximum atomic E-state index is 12.3. The minimum Gasteiger partial charge on any atom is -0.461 e. The Balaban J connectivity index is 1.90. The topological polar surface area (TPSA) is 57.0 Å². The number of thioether (sulfide) groups is 1. The molecule has 0 aromatic carbocycles. The fraction of sp³-hybridized carbons (Fsp3) is 0.833. The van der Waals surface area contributed by atoms with Gasteiger partial charge >= 0.3 is 5.97 Å². The molecule has 1 fully saturated rings. The molecule has 1 saturated carbocycles. The Bertz CT molecular complexity index is 556. The van der Waals surface area contributed by atoms with Crippen molar-refractivity contribution < 1.29 is 9.53 Å². The second-order valence-corrected chi connectivity index (χ2v) is 8.64. The average molecular weight is 354 g/mol. The third-order valence-corrected chi connectivity index (χ3v) is 5.94. The fourth-order valence-electron chi connectivity index (χ4n) is 3.53. The number of hydrogen-bond donors (Lipinski definition) is 0. The van der Waals surface area contributed by atoms with Crippen LogP contribution in [0.25, 0.3) is 0 Å². The van der Waals surface area contributed by atoms with Gasteiger partial charge in [0.2, 0.25) is 0 Å². The van der Waals surface area contributed by atoms with E-state index >= 15 is 0 Å². The summed E-state index contributed by atoms with van der Waals surface area (Å²) in [6.45, 7) is 10.9. The van der Waals surface area contributed by atoms with Crippen LogP contribution in [0, 0.1) is 17.8 Å². The first-order valence-corrected chi connectivity index (χ1v) is 9.99. The van der Waals surface area contributed by atoms with Crippen LogP contribution in [0.1, 0.15) is 65.6 Å². The molecule has 2 rings (SSSR count). The maximum Gasteiger partial charge on any atom is 0.316 e. The van der Waals surface area contributed by atoms with Crippen LogP contribution in [0.15, 0.2) is 5.16 Å². The molecule has 1 aliphatic rings. The molecule has 6 heteroatoms. The normalized spacial score (nSPS) is 24.6. The number of nitrogens with zero attached hydrogens (tertiary/aromatic N) is 3. The second kappa shape index (κ2) is 8.37. The Morgan fingerprint density at radius 3 is 2.58 bits per heavy atom. The third kappa shape index (κ3) is 4.74. The summed E-state index contributed by atoms with van der Waals surface area (Å²) in [7, 11) is 1.95. The highest BCUT2D eigenvalue weighted by Crippen LogP contribution is 2.35. The molecule has 0 radical (unpaired) electrons. The Hall–Kier alpha value is -1.04. The van der Waals surface area contributed by atoms with E-state index in [0.717, 1.165) is 23.8 Å². The molecule has 136 valence electrons. The van der Waals surface area contributed by atoms with Crippen LogP contribution < -0.4 is 0 Å². The van der Waals surface area contributed by atoms with Crippen LogP contribution in [0.3, 0.4) is 0 Å². The zero-order valence-corrected chi connectivity index (χ0v) is 16.6. The molecule has 3 unspecified atom stereocenters. The summed E-state index contributed by atoms with van der Waals surface area (Å²) in [6, 6.07) is 0. The smallest absolute Gasteiger partial charge is 0.316 e. The number of carbonyl (C=O) groups excluding carboxylic acids is 1. The monoisotopic (exact) mass is 353 g/mol. The van der Waals surface area contributed by atoms with Gasteiger partial charge in [0.15, 0.2) is 5.16 Å². The predicted octanol–water partition coefficient (Wildman–Crippen LogP) is 4.03. The van der Waals surface area contributed by atoms with E-state index in [1.54, 1.807) is 0 Å². The molecule has 3 atom stereocenters. The molecule has 0 N–H and O–H groups in total. The standard InChI is InChI=1S/C18H31N3O2S/c1-11(2)14-8-7-13(5)9-15(14)23-16(22)10-24-18-20-19-17(12(3)4)21(18)6/h11-15H,7-10H2,1-6H3. The highest BCUT2D eigenvalue weighted by atomic mass is 32.2. The molecular weight excluding hydrogens is 322 g/mol. The summed E-state index contributed by atoms with van der Waals surface area (Å²) in [5, 5.41) is 9.14. The lowest BCUT2D eigenvalue weighted by Crippen LogP contribution is -2.36. The molecule has 0 saturated heterocycles. The maximum absolute atomic E-state index is 12.3. The molecule has 1 heterocycles. The number of ether oxygens (including phenoxy) is 1. The molecule has 1 aliphatic carbocycles. The van der Waals surface area contributed by atoms with Gasteiger partial charge in [-0.25, -0.2) is 0 Å². The van der Waals surface area contributed by atoms with E-state index in [1.807, 2.05) is 11.6 Å². The molecule has 5 nitrogen and oxygen atoms in total. The van der Waals surface area contributed by atoms with E-state index in [0.29, 0.717) is 29.4 Å². The van der Waals surface area contributed by atoms with Gasteiger partial charge in [-0.15, -0.1) is 10.2 Å². The predicted molar refractivity (Wildman–Crippen MR) is 97.0 cm³/mol. The Morgan fingerprint density at radius 2 is 2.00 bits per heavy atom. The zero-order valence-electron chi connectivity index (χ0n) is 15.8. The quantitative estimate of drug-likeness (QED) is 0.571. The van der Waals surface area contributed by atoms with Crippen molar-refractivity contribution in [3.63, 3.8) is 0 Å². The van der Waals surface area contributed by atoms with Gasteiger partial charge in [-0.1, -0.05) is 52.8 Å². The average Bonchev–Trinajstić information content (AvgIpc) is 2.86. The summed E-state index contributed by atoms with van der Waals surface area (Å²) in [6.07, 6.45) is 3.45. The van der Waals surface area contributed by atoms with Gasteiger partial charge in [-0.05, 0) is 30.6 Å². The molecular formula is C18H31N3O2S. The van der Waals surface area contributed by atoms with Crippen LogP contribution in [0.5, 0.6) is 0 Å². The molecule has 0 spiro atoms. The lowest BCUT2D eigenvalue weighted by atomic mass is 9.75. The zero-order chi connectivity index (χ0) is 17.9. The molecule has 24 heavy (non-hydrogen) atoms. The van der Waals surface area contributed by atoms with E-state index in [9.17, 15) is 4.79 Å². The summed E-state index contributed by atoms with van der Waals surface area (Å²) in [5.41, 5.74) is 0. The van der Waals surface area contributed by atoms with Gasteiger partial charge in [0.05, 0.1) is 5.75 Å². The Kier molecular flexibility index (Phi) is 6.72. The van der Waals surface area contributed by atoms with E-state index < -0.39 is 0 Å². The van der Waals surface area contributed by atoms with Crippen molar-refractivity contribution in [3.8, 4) is 0 Å². The first-order valence-electron chi connectivity index (χ1n) is 9.01. The lowest BCUT2D eigenvalue weighted by Gasteiger charge is -2.36. The van der Waals surface area contributed by atoms with Crippen molar-refractivity contribution in [2.75, 3.05) is 5.75 Å². The Morgan fingerprint density at radius 1 is 1.29 bits per heavy atom. The minimum absolute atomic E-state index is 0.0626. The van der Waals surface area contributed by atoms with Crippen LogP contribution in [-0.2, 0) is 16.6 Å². The van der Waals surface area contributed by atoms with Gasteiger partial charge in [-0.2, -0.15) is 0 Å². The number of rotatable bonds is 6. The van der Waals surface area contributed by atoms with E-state index in [2.05, 4.69) is 44.8 Å². The summed E-state index contributed by atoms with van der Waals surface area (Å²) in [4.78, 5) is 12.3. The summed E-state index contributed by atoms with van der Waals surface area (Å²) >= 11 is 1.41. The highest BCUT2D eigenvalue weighted by Gasteiger charge is 2.33. The minimum atomic E-state index is -0.140. The largest absolute Gasteiger partial charge is 0.461 e.